The summed E-state index contributed by atoms with van der Waals surface area (Å²) in [6.45, 7) is 4.04. The largest absolute Gasteiger partial charge is 0.346 e. The van der Waals surface area contributed by atoms with Gasteiger partial charge in [0.05, 0.1) is 11.7 Å². The highest BCUT2D eigenvalue weighted by Crippen LogP contribution is 2.23. The van der Waals surface area contributed by atoms with E-state index in [0.29, 0.717) is 6.54 Å². The fourth-order valence-electron chi connectivity index (χ4n) is 3.07. The summed E-state index contributed by atoms with van der Waals surface area (Å²) in [6.07, 6.45) is 0. The zero-order valence-electron chi connectivity index (χ0n) is 15.2. The summed E-state index contributed by atoms with van der Waals surface area (Å²) in [5.41, 5.74) is 1.12. The van der Waals surface area contributed by atoms with E-state index in [1.165, 1.54) is 18.2 Å². The van der Waals surface area contributed by atoms with Crippen molar-refractivity contribution in [1.29, 1.82) is 0 Å². The van der Waals surface area contributed by atoms with Gasteiger partial charge in [-0.2, -0.15) is 11.3 Å². The Hall–Kier alpha value is -2.29. The number of rotatable bonds is 5. The van der Waals surface area contributed by atoms with Crippen molar-refractivity contribution in [3.05, 3.63) is 52.5 Å². The minimum absolute atomic E-state index is 0.00824. The Bertz CT molecular complexity index is 776. The van der Waals surface area contributed by atoms with Crippen molar-refractivity contribution in [2.45, 2.75) is 6.04 Å². The summed E-state index contributed by atoms with van der Waals surface area (Å²) < 4.78 is 13.6. The maximum atomic E-state index is 13.6. The van der Waals surface area contributed by atoms with Gasteiger partial charge in [-0.15, -0.1) is 0 Å². The van der Waals surface area contributed by atoms with Crippen LogP contribution in [0.5, 0.6) is 0 Å². The Labute approximate surface area is 162 Å². The average Bonchev–Trinajstić information content (AvgIpc) is 3.19. The zero-order valence-corrected chi connectivity index (χ0v) is 16.0. The molecule has 0 unspecified atom stereocenters. The maximum Gasteiger partial charge on any atom is 0.313 e. The number of carbonyl (C=O) groups excluding carboxylic acids is 2. The Morgan fingerprint density at radius 1 is 1.15 bits per heavy atom. The molecule has 0 aliphatic carbocycles. The van der Waals surface area contributed by atoms with Crippen LogP contribution in [0.2, 0.25) is 0 Å². The van der Waals surface area contributed by atoms with E-state index in [9.17, 15) is 14.0 Å². The molecule has 6 nitrogen and oxygen atoms in total. The molecule has 2 N–H and O–H groups in total. The minimum atomic E-state index is -0.873. The van der Waals surface area contributed by atoms with Crippen LogP contribution in [0.4, 0.5) is 10.1 Å². The van der Waals surface area contributed by atoms with E-state index in [4.69, 9.17) is 0 Å². The van der Waals surface area contributed by atoms with Gasteiger partial charge in [-0.3, -0.25) is 14.5 Å². The molecule has 27 heavy (non-hydrogen) atoms. The van der Waals surface area contributed by atoms with Gasteiger partial charge in [0.2, 0.25) is 0 Å². The molecule has 0 spiro atoms. The second-order valence-corrected chi connectivity index (χ2v) is 7.34. The van der Waals surface area contributed by atoms with Crippen molar-refractivity contribution in [2.75, 3.05) is 45.1 Å². The van der Waals surface area contributed by atoms with E-state index in [0.717, 1.165) is 31.7 Å². The van der Waals surface area contributed by atoms with E-state index in [2.05, 4.69) is 32.9 Å². The highest BCUT2D eigenvalue weighted by atomic mass is 32.1. The molecule has 144 valence electrons. The number of hydrogen-bond acceptors (Lipinski definition) is 5. The number of thiophene rings is 1. The summed E-state index contributed by atoms with van der Waals surface area (Å²) in [5.74, 6) is -2.22. The number of likely N-dealkylation sites (N-methyl/N-ethyl adjacent to an activating group) is 1. The van der Waals surface area contributed by atoms with Gasteiger partial charge in [0, 0.05) is 32.7 Å². The van der Waals surface area contributed by atoms with Crippen LogP contribution in [0.15, 0.2) is 41.1 Å². The van der Waals surface area contributed by atoms with E-state index >= 15 is 0 Å². The molecule has 0 saturated carbocycles. The van der Waals surface area contributed by atoms with Gasteiger partial charge in [-0.25, -0.2) is 4.39 Å². The number of benzene rings is 1. The lowest BCUT2D eigenvalue weighted by molar-refractivity contribution is -0.136. The van der Waals surface area contributed by atoms with Crippen LogP contribution in [0.1, 0.15) is 11.6 Å². The molecule has 1 aromatic carbocycles. The van der Waals surface area contributed by atoms with E-state index in [-0.39, 0.29) is 11.7 Å². The first kappa shape index (κ1) is 19.5. The number of nitrogens with one attached hydrogen (secondary N) is 2. The standard InChI is InChI=1S/C19H23FN4O2S/c1-23-7-9-24(10-8-23)17(14-6-11-27-13-14)12-21-18(25)19(26)22-16-5-3-2-4-15(16)20/h2-6,11,13,17H,7-10,12H2,1H3,(H,21,25)(H,22,26)/t17-/m0/s1. The van der Waals surface area contributed by atoms with Crippen LogP contribution in [0, 0.1) is 5.82 Å². The number of hydrogen-bond donors (Lipinski definition) is 2. The van der Waals surface area contributed by atoms with E-state index < -0.39 is 17.6 Å². The molecule has 1 saturated heterocycles. The lowest BCUT2D eigenvalue weighted by Gasteiger charge is -2.37. The number of carbonyl (C=O) groups is 2. The number of para-hydroxylation sites is 1. The van der Waals surface area contributed by atoms with Crippen molar-refractivity contribution >= 4 is 28.8 Å². The van der Waals surface area contributed by atoms with Gasteiger partial charge in [0.25, 0.3) is 0 Å². The Balaban J connectivity index is 1.60. The Morgan fingerprint density at radius 2 is 1.89 bits per heavy atom. The second-order valence-electron chi connectivity index (χ2n) is 6.56. The van der Waals surface area contributed by atoms with Crippen LogP contribution in [-0.4, -0.2) is 61.4 Å². The topological polar surface area (TPSA) is 64.7 Å². The summed E-state index contributed by atoms with van der Waals surface area (Å²) in [5, 5.41) is 9.07. The van der Waals surface area contributed by atoms with Crippen molar-refractivity contribution in [2.24, 2.45) is 0 Å². The molecule has 2 aromatic rings. The fourth-order valence-corrected chi connectivity index (χ4v) is 3.77. The molecule has 2 heterocycles. The molecule has 0 radical (unpaired) electrons. The highest BCUT2D eigenvalue weighted by Gasteiger charge is 2.25. The van der Waals surface area contributed by atoms with Crippen LogP contribution < -0.4 is 10.6 Å². The number of piperazine rings is 1. The molecule has 1 atom stereocenters. The van der Waals surface area contributed by atoms with Crippen molar-refractivity contribution in [1.82, 2.24) is 15.1 Å². The first-order valence-electron chi connectivity index (χ1n) is 8.83. The summed E-state index contributed by atoms with van der Waals surface area (Å²) in [7, 11) is 2.09. The number of halogens is 1. The van der Waals surface area contributed by atoms with Crippen LogP contribution in [0.25, 0.3) is 0 Å². The van der Waals surface area contributed by atoms with Gasteiger partial charge in [-0.05, 0) is 41.6 Å². The van der Waals surface area contributed by atoms with Gasteiger partial charge in [0.1, 0.15) is 5.82 Å². The monoisotopic (exact) mass is 390 g/mol. The molecular formula is C19H23FN4O2S. The first-order valence-corrected chi connectivity index (χ1v) is 9.77. The smallest absolute Gasteiger partial charge is 0.313 e. The highest BCUT2D eigenvalue weighted by molar-refractivity contribution is 7.08. The third kappa shape index (κ3) is 5.12. The molecule has 1 aliphatic rings. The molecule has 2 amide bonds. The van der Waals surface area contributed by atoms with Gasteiger partial charge in [0.15, 0.2) is 0 Å². The van der Waals surface area contributed by atoms with Gasteiger partial charge < -0.3 is 15.5 Å². The summed E-state index contributed by atoms with van der Waals surface area (Å²) in [6, 6.07) is 7.81. The third-order valence-corrected chi connectivity index (χ3v) is 5.39. The Kier molecular flexibility index (Phi) is 6.54. The molecule has 1 aliphatic heterocycles. The third-order valence-electron chi connectivity index (χ3n) is 4.69. The first-order chi connectivity index (χ1) is 13.0. The molecule has 1 aromatic heterocycles. The van der Waals surface area contributed by atoms with Gasteiger partial charge in [-0.1, -0.05) is 12.1 Å². The lowest BCUT2D eigenvalue weighted by Crippen LogP contribution is -2.49. The van der Waals surface area contributed by atoms with Crippen LogP contribution >= 0.6 is 11.3 Å². The SMILES string of the molecule is CN1CCN([C@@H](CNC(=O)C(=O)Nc2ccccc2F)c2ccsc2)CC1. The van der Waals surface area contributed by atoms with Crippen molar-refractivity contribution in [3.8, 4) is 0 Å². The Morgan fingerprint density at radius 3 is 2.56 bits per heavy atom. The predicted octanol–water partition coefficient (Wildman–Crippen LogP) is 1.93. The zero-order chi connectivity index (χ0) is 19.2. The molecule has 3 rings (SSSR count). The molecule has 8 heteroatoms. The average molecular weight is 390 g/mol. The second kappa shape index (κ2) is 9.07. The van der Waals surface area contributed by atoms with Crippen molar-refractivity contribution in [3.63, 3.8) is 0 Å². The normalized spacial score (nSPS) is 16.7. The molecule has 0 bridgehead atoms. The van der Waals surface area contributed by atoms with Crippen LogP contribution in [-0.2, 0) is 9.59 Å². The van der Waals surface area contributed by atoms with Gasteiger partial charge >= 0.3 is 11.8 Å². The minimum Gasteiger partial charge on any atom is -0.346 e. The fraction of sp³-hybridized carbons (Fsp3) is 0.368. The number of nitrogens with zero attached hydrogens (tertiary/aromatic N) is 2. The van der Waals surface area contributed by atoms with Crippen LogP contribution in [0.3, 0.4) is 0 Å². The quantitative estimate of drug-likeness (QED) is 0.766. The summed E-state index contributed by atoms with van der Waals surface area (Å²) >= 11 is 1.61. The van der Waals surface area contributed by atoms with E-state index in [1.807, 2.05) is 11.4 Å². The molecule has 1 fully saturated rings. The number of amides is 2. The van der Waals surface area contributed by atoms with Crippen molar-refractivity contribution < 1.29 is 14.0 Å². The number of anilines is 1. The lowest BCUT2D eigenvalue weighted by atomic mass is 10.1. The summed E-state index contributed by atoms with van der Waals surface area (Å²) in [4.78, 5) is 28.9. The predicted molar refractivity (Wildman–Crippen MR) is 104 cm³/mol. The molecular weight excluding hydrogens is 367 g/mol. The van der Waals surface area contributed by atoms with E-state index in [1.54, 1.807) is 17.4 Å². The maximum absolute atomic E-state index is 13.6.